The van der Waals surface area contributed by atoms with E-state index in [9.17, 15) is 17.8 Å². The monoisotopic (exact) mass is 465 g/mol. The van der Waals surface area contributed by atoms with Gasteiger partial charge in [-0.1, -0.05) is 96.8 Å². The minimum atomic E-state index is -4.42. The molecule has 0 rings (SSSR count). The molecular formula is C24H51NO5S. The second-order valence-corrected chi connectivity index (χ2v) is 9.96. The second kappa shape index (κ2) is 21.4. The Balaban J connectivity index is 0. The molecule has 0 unspecified atom stereocenters. The van der Waals surface area contributed by atoms with Crippen molar-refractivity contribution in [2.24, 2.45) is 0 Å². The minimum absolute atomic E-state index is 0.0914. The van der Waals surface area contributed by atoms with Gasteiger partial charge in [0.25, 0.3) is 0 Å². The van der Waals surface area contributed by atoms with Gasteiger partial charge in [-0.2, -0.15) is 0 Å². The molecule has 0 aliphatic heterocycles. The topological polar surface area (TPSA) is 83.5 Å². The number of carbonyl (C=O) groups is 1. The van der Waals surface area contributed by atoms with Crippen LogP contribution in [0, 0.1) is 0 Å². The van der Waals surface area contributed by atoms with Gasteiger partial charge in [0.15, 0.2) is 0 Å². The maximum Gasteiger partial charge on any atom is 0.313 e. The molecule has 0 N–H and O–H groups in total. The number of carbonyl (C=O) groups excluding carboxylic acids is 1. The van der Waals surface area contributed by atoms with E-state index in [1.54, 1.807) is 0 Å². The average molecular weight is 466 g/mol. The summed E-state index contributed by atoms with van der Waals surface area (Å²) in [7, 11) is -0.381. The Labute approximate surface area is 193 Å². The van der Waals surface area contributed by atoms with Crippen molar-refractivity contribution >= 4 is 16.3 Å². The highest BCUT2D eigenvalue weighted by atomic mass is 32.3. The molecule has 0 aliphatic carbocycles. The minimum Gasteiger partial charge on any atom is -0.726 e. The number of quaternary nitrogens is 1. The van der Waals surface area contributed by atoms with Gasteiger partial charge in [0.1, 0.15) is 0 Å². The summed E-state index contributed by atoms with van der Waals surface area (Å²) >= 11 is 0. The summed E-state index contributed by atoms with van der Waals surface area (Å²) in [5, 5.41) is 0. The summed E-state index contributed by atoms with van der Waals surface area (Å²) in [5.74, 6) is 0.396. The number of hydrogen-bond acceptors (Lipinski definition) is 5. The lowest BCUT2D eigenvalue weighted by Crippen LogP contribution is -2.45. The third-order valence-electron chi connectivity index (χ3n) is 5.72. The first kappa shape index (κ1) is 32.7. The fourth-order valence-electron chi connectivity index (χ4n) is 3.27. The first-order chi connectivity index (χ1) is 14.6. The van der Waals surface area contributed by atoms with E-state index in [-0.39, 0.29) is 6.61 Å². The predicted octanol–water partition coefficient (Wildman–Crippen LogP) is 6.35. The fourth-order valence-corrected chi connectivity index (χ4v) is 3.56. The number of hydrogen-bond donors (Lipinski definition) is 0. The molecule has 31 heavy (non-hydrogen) atoms. The molecule has 0 saturated carbocycles. The van der Waals surface area contributed by atoms with Crippen molar-refractivity contribution in [1.82, 2.24) is 0 Å². The van der Waals surface area contributed by atoms with Crippen molar-refractivity contribution in [2.45, 2.75) is 124 Å². The lowest BCUT2D eigenvalue weighted by atomic mass is 10.0. The van der Waals surface area contributed by atoms with Crippen molar-refractivity contribution in [3.8, 4) is 0 Å². The summed E-state index contributed by atoms with van der Waals surface area (Å²) in [6.07, 6.45) is 21.4. The van der Waals surface area contributed by atoms with Crippen LogP contribution >= 0.6 is 0 Å². The van der Waals surface area contributed by atoms with E-state index >= 15 is 0 Å². The van der Waals surface area contributed by atoms with Gasteiger partial charge in [-0.25, -0.2) is 13.2 Å². The lowest BCUT2D eigenvalue weighted by Gasteiger charge is -2.24. The van der Waals surface area contributed by atoms with Crippen molar-refractivity contribution in [1.29, 1.82) is 0 Å². The average Bonchev–Trinajstić information content (AvgIpc) is 2.70. The molecule has 0 saturated heterocycles. The standard InChI is InChI=1S/C22H46NO.C2H6O4S/c1-5-7-8-9-10-11-12-13-14-15-16-17-18-19-20-21-22(24)23(3,4)6-2;1-2-6-7(3,4)5/h5-21H2,1-4H3;2H2,1H3,(H,3,4,5)/q+1;/p-1. The Bertz CT molecular complexity index is 506. The predicted molar refractivity (Wildman–Crippen MR) is 129 cm³/mol. The summed E-state index contributed by atoms with van der Waals surface area (Å²) in [6, 6.07) is 0. The van der Waals surface area contributed by atoms with Crippen LogP contribution in [-0.2, 0) is 19.4 Å². The second-order valence-electron chi connectivity index (χ2n) is 8.91. The number of rotatable bonds is 19. The maximum atomic E-state index is 12.0. The van der Waals surface area contributed by atoms with E-state index in [0.717, 1.165) is 19.4 Å². The maximum absolute atomic E-state index is 12.0. The van der Waals surface area contributed by atoms with Crippen LogP contribution in [0.2, 0.25) is 0 Å². The quantitative estimate of drug-likeness (QED) is 0.0960. The molecular weight excluding hydrogens is 414 g/mol. The molecule has 0 heterocycles. The number of nitrogens with zero attached hydrogens (tertiary/aromatic N) is 1. The first-order valence-corrected chi connectivity index (χ1v) is 13.9. The van der Waals surface area contributed by atoms with E-state index in [0.29, 0.717) is 10.4 Å². The third-order valence-corrected chi connectivity index (χ3v) is 6.25. The molecule has 0 spiro atoms. The van der Waals surface area contributed by atoms with Crippen LogP contribution in [-0.4, -0.2) is 50.6 Å². The molecule has 6 nitrogen and oxygen atoms in total. The normalized spacial score (nSPS) is 11.8. The smallest absolute Gasteiger partial charge is 0.313 e. The number of amides is 1. The van der Waals surface area contributed by atoms with E-state index in [4.69, 9.17) is 0 Å². The highest BCUT2D eigenvalue weighted by molar-refractivity contribution is 7.80. The zero-order chi connectivity index (χ0) is 24.0. The van der Waals surface area contributed by atoms with Crippen molar-refractivity contribution in [2.75, 3.05) is 27.2 Å². The molecule has 1 amide bonds. The summed E-state index contributed by atoms with van der Waals surface area (Å²) in [6.45, 7) is 6.61. The zero-order valence-corrected chi connectivity index (χ0v) is 21.9. The van der Waals surface area contributed by atoms with Crippen molar-refractivity contribution < 1.29 is 26.4 Å². The molecule has 0 aromatic heterocycles. The van der Waals surface area contributed by atoms with E-state index in [2.05, 4.69) is 18.0 Å². The van der Waals surface area contributed by atoms with Crippen LogP contribution < -0.4 is 0 Å². The van der Waals surface area contributed by atoms with Crippen LogP contribution in [0.15, 0.2) is 0 Å². The van der Waals surface area contributed by atoms with Gasteiger partial charge >= 0.3 is 5.91 Å². The highest BCUT2D eigenvalue weighted by Gasteiger charge is 2.22. The van der Waals surface area contributed by atoms with Crippen LogP contribution in [0.25, 0.3) is 0 Å². The van der Waals surface area contributed by atoms with Crippen LogP contribution in [0.5, 0.6) is 0 Å². The molecule has 0 aliphatic rings. The Morgan fingerprint density at radius 2 is 1.06 bits per heavy atom. The summed E-state index contributed by atoms with van der Waals surface area (Å²) in [5.41, 5.74) is 0. The first-order valence-electron chi connectivity index (χ1n) is 12.6. The Morgan fingerprint density at radius 1 is 0.710 bits per heavy atom. The molecule has 0 aromatic rings. The molecule has 0 atom stereocenters. The SMILES string of the molecule is CCCCCCCCCCCCCCCCCC(=O)[N+](C)(C)CC.CCOS(=O)(=O)[O-]. The molecule has 7 heteroatoms. The Kier molecular flexibility index (Phi) is 22.5. The van der Waals surface area contributed by atoms with Crippen molar-refractivity contribution in [3.63, 3.8) is 0 Å². The van der Waals surface area contributed by atoms with E-state index in [1.807, 2.05) is 14.1 Å². The van der Waals surface area contributed by atoms with Gasteiger partial charge in [0.2, 0.25) is 10.4 Å². The third kappa shape index (κ3) is 25.6. The van der Waals surface area contributed by atoms with E-state index in [1.165, 1.54) is 96.8 Å². The summed E-state index contributed by atoms with van der Waals surface area (Å²) in [4.78, 5) is 12.0. The lowest BCUT2D eigenvalue weighted by molar-refractivity contribution is -0.812. The largest absolute Gasteiger partial charge is 0.726 e. The molecule has 188 valence electrons. The van der Waals surface area contributed by atoms with Crippen molar-refractivity contribution in [3.05, 3.63) is 0 Å². The molecule has 0 bridgehead atoms. The van der Waals surface area contributed by atoms with Gasteiger partial charge in [-0.3, -0.25) is 8.67 Å². The molecule has 0 fully saturated rings. The van der Waals surface area contributed by atoms with Crippen LogP contribution in [0.4, 0.5) is 0 Å². The van der Waals surface area contributed by atoms with Crippen LogP contribution in [0.1, 0.15) is 124 Å². The Morgan fingerprint density at radius 3 is 1.32 bits per heavy atom. The summed E-state index contributed by atoms with van der Waals surface area (Å²) < 4.78 is 32.5. The van der Waals surface area contributed by atoms with Gasteiger partial charge in [0.05, 0.1) is 33.7 Å². The number of unbranched alkanes of at least 4 members (excludes halogenated alkanes) is 14. The van der Waals surface area contributed by atoms with Gasteiger partial charge in [-0.15, -0.1) is 0 Å². The zero-order valence-electron chi connectivity index (χ0n) is 21.1. The van der Waals surface area contributed by atoms with Crippen LogP contribution in [0.3, 0.4) is 0 Å². The van der Waals surface area contributed by atoms with Gasteiger partial charge in [-0.05, 0) is 20.3 Å². The van der Waals surface area contributed by atoms with E-state index < -0.39 is 10.4 Å². The molecule has 0 radical (unpaired) electrons. The highest BCUT2D eigenvalue weighted by Crippen LogP contribution is 2.14. The molecule has 0 aromatic carbocycles. The van der Waals surface area contributed by atoms with Gasteiger partial charge < -0.3 is 4.55 Å². The Hall–Kier alpha value is -0.500. The fraction of sp³-hybridized carbons (Fsp3) is 0.958. The van der Waals surface area contributed by atoms with Gasteiger partial charge in [0, 0.05) is 0 Å².